The Kier molecular flexibility index (Phi) is 3.81. The fourth-order valence-electron chi connectivity index (χ4n) is 1.54. The van der Waals surface area contributed by atoms with Crippen LogP contribution in [0, 0.1) is 0 Å². The Morgan fingerprint density at radius 2 is 2.50 bits per heavy atom. The van der Waals surface area contributed by atoms with E-state index in [9.17, 15) is 0 Å². The van der Waals surface area contributed by atoms with Gasteiger partial charge in [-0.25, -0.2) is 4.98 Å². The number of nitrogens with zero attached hydrogens (tertiary/aromatic N) is 2. The zero-order chi connectivity index (χ0) is 11.5. The van der Waals surface area contributed by atoms with Gasteiger partial charge in [0.15, 0.2) is 10.1 Å². The monoisotopic (exact) mass is 259 g/mol. The lowest BCUT2D eigenvalue weighted by Crippen LogP contribution is -2.31. The summed E-state index contributed by atoms with van der Waals surface area (Å²) in [5.41, 5.74) is 0.949. The van der Waals surface area contributed by atoms with Gasteiger partial charge < -0.3 is 10.4 Å². The Morgan fingerprint density at radius 1 is 1.69 bits per heavy atom. The van der Waals surface area contributed by atoms with Crippen LogP contribution in [0.15, 0.2) is 11.6 Å². The van der Waals surface area contributed by atoms with Gasteiger partial charge >= 0.3 is 0 Å². The Labute approximate surface area is 103 Å². The average molecular weight is 260 g/mol. The second-order valence-electron chi connectivity index (χ2n) is 3.57. The second-order valence-corrected chi connectivity index (χ2v) is 4.80. The third-order valence-corrected chi connectivity index (χ3v) is 3.64. The molecule has 0 bridgehead atoms. The lowest BCUT2D eigenvalue weighted by atomic mass is 10.2. The largest absolute Gasteiger partial charge is 0.395 e. The first kappa shape index (κ1) is 11.9. The highest BCUT2D eigenvalue weighted by Crippen LogP contribution is 2.21. The van der Waals surface area contributed by atoms with Crippen LogP contribution in [0.4, 0.5) is 0 Å². The summed E-state index contributed by atoms with van der Waals surface area (Å²) in [6, 6.07) is 0.111. The minimum Gasteiger partial charge on any atom is -0.395 e. The standard InChI is InChI=1S/C10H14ClN3OS/c1-2-7(6-15)12-5-8-9(11)13-10-14(8)3-4-16-10/h3-4,7,12,15H,2,5-6H2,1H3/t7-/m1/s1. The predicted octanol–water partition coefficient (Wildman–Crippen LogP) is 1.91. The fourth-order valence-corrected chi connectivity index (χ4v) is 2.56. The molecule has 4 nitrogen and oxygen atoms in total. The van der Waals surface area contributed by atoms with E-state index in [2.05, 4.69) is 10.3 Å². The molecule has 2 aromatic heterocycles. The van der Waals surface area contributed by atoms with Gasteiger partial charge in [-0.2, -0.15) is 0 Å². The number of hydrogen-bond donors (Lipinski definition) is 2. The number of halogens is 1. The summed E-state index contributed by atoms with van der Waals surface area (Å²) >= 11 is 7.61. The van der Waals surface area contributed by atoms with Crippen LogP contribution in [0.5, 0.6) is 0 Å². The molecule has 88 valence electrons. The highest BCUT2D eigenvalue weighted by Gasteiger charge is 2.12. The van der Waals surface area contributed by atoms with Crippen LogP contribution in [-0.4, -0.2) is 27.1 Å². The van der Waals surface area contributed by atoms with Crippen molar-refractivity contribution in [1.82, 2.24) is 14.7 Å². The number of imidazole rings is 1. The minimum atomic E-state index is 0.111. The van der Waals surface area contributed by atoms with Gasteiger partial charge in [0.05, 0.1) is 12.3 Å². The number of aliphatic hydroxyl groups is 1. The van der Waals surface area contributed by atoms with Crippen LogP contribution in [0.3, 0.4) is 0 Å². The van der Waals surface area contributed by atoms with Crippen molar-refractivity contribution in [3.8, 4) is 0 Å². The van der Waals surface area contributed by atoms with Gasteiger partial charge in [0, 0.05) is 24.2 Å². The molecule has 0 spiro atoms. The van der Waals surface area contributed by atoms with E-state index in [1.165, 1.54) is 0 Å². The smallest absolute Gasteiger partial charge is 0.195 e. The van der Waals surface area contributed by atoms with E-state index < -0.39 is 0 Å². The van der Waals surface area contributed by atoms with Crippen molar-refractivity contribution in [3.05, 3.63) is 22.4 Å². The van der Waals surface area contributed by atoms with E-state index in [1.54, 1.807) is 11.3 Å². The third-order valence-electron chi connectivity index (χ3n) is 2.58. The molecule has 0 aromatic carbocycles. The molecular formula is C10H14ClN3OS. The van der Waals surface area contributed by atoms with Crippen molar-refractivity contribution >= 4 is 27.9 Å². The molecule has 2 aromatic rings. The Morgan fingerprint density at radius 3 is 3.19 bits per heavy atom. The lowest BCUT2D eigenvalue weighted by molar-refractivity contribution is 0.238. The molecule has 2 N–H and O–H groups in total. The lowest BCUT2D eigenvalue weighted by Gasteiger charge is -2.13. The van der Waals surface area contributed by atoms with E-state index in [1.807, 2.05) is 22.9 Å². The van der Waals surface area contributed by atoms with Crippen LogP contribution in [0.1, 0.15) is 19.0 Å². The number of aliphatic hydroxyl groups excluding tert-OH is 1. The first-order valence-corrected chi connectivity index (χ1v) is 6.46. The molecule has 0 saturated carbocycles. The van der Waals surface area contributed by atoms with E-state index in [0.29, 0.717) is 11.7 Å². The molecule has 0 radical (unpaired) electrons. The summed E-state index contributed by atoms with van der Waals surface area (Å²) in [6.07, 6.45) is 2.84. The first-order valence-electron chi connectivity index (χ1n) is 5.20. The van der Waals surface area contributed by atoms with Gasteiger partial charge in [-0.1, -0.05) is 18.5 Å². The zero-order valence-electron chi connectivity index (χ0n) is 8.98. The Hall–Kier alpha value is -0.620. The summed E-state index contributed by atoms with van der Waals surface area (Å²) in [5, 5.41) is 14.8. The molecule has 0 aliphatic carbocycles. The molecule has 0 fully saturated rings. The van der Waals surface area contributed by atoms with Crippen molar-refractivity contribution in [3.63, 3.8) is 0 Å². The summed E-state index contributed by atoms with van der Waals surface area (Å²) < 4.78 is 1.98. The second kappa shape index (κ2) is 5.14. The van der Waals surface area contributed by atoms with Crippen molar-refractivity contribution in [1.29, 1.82) is 0 Å². The van der Waals surface area contributed by atoms with E-state index in [0.717, 1.165) is 17.1 Å². The molecule has 0 aliphatic rings. The third kappa shape index (κ3) is 2.22. The number of rotatable bonds is 5. The normalized spacial score (nSPS) is 13.4. The molecule has 6 heteroatoms. The number of aromatic nitrogens is 2. The zero-order valence-corrected chi connectivity index (χ0v) is 10.6. The average Bonchev–Trinajstić information content (AvgIpc) is 2.82. The molecular weight excluding hydrogens is 246 g/mol. The Bertz CT molecular complexity index is 464. The van der Waals surface area contributed by atoms with Gasteiger partial charge in [-0.3, -0.25) is 4.40 Å². The fraction of sp³-hybridized carbons (Fsp3) is 0.500. The van der Waals surface area contributed by atoms with Crippen molar-refractivity contribution < 1.29 is 5.11 Å². The maximum atomic E-state index is 9.08. The van der Waals surface area contributed by atoms with Gasteiger partial charge in [-0.15, -0.1) is 11.3 Å². The molecule has 2 heterocycles. The number of nitrogens with one attached hydrogen (secondary N) is 1. The molecule has 2 rings (SSSR count). The summed E-state index contributed by atoms with van der Waals surface area (Å²) in [6.45, 7) is 2.79. The van der Waals surface area contributed by atoms with Crippen molar-refractivity contribution in [2.75, 3.05) is 6.61 Å². The molecule has 0 aliphatic heterocycles. The molecule has 0 unspecified atom stereocenters. The van der Waals surface area contributed by atoms with E-state index in [-0.39, 0.29) is 12.6 Å². The van der Waals surface area contributed by atoms with E-state index in [4.69, 9.17) is 16.7 Å². The number of hydrogen-bond acceptors (Lipinski definition) is 4. The summed E-state index contributed by atoms with van der Waals surface area (Å²) in [5.74, 6) is 0. The quantitative estimate of drug-likeness (QED) is 0.863. The van der Waals surface area contributed by atoms with Crippen molar-refractivity contribution in [2.24, 2.45) is 0 Å². The van der Waals surface area contributed by atoms with Crippen LogP contribution in [0.25, 0.3) is 4.96 Å². The van der Waals surface area contributed by atoms with Crippen LogP contribution in [0.2, 0.25) is 5.15 Å². The first-order chi connectivity index (χ1) is 7.76. The molecule has 0 saturated heterocycles. The molecule has 16 heavy (non-hydrogen) atoms. The van der Waals surface area contributed by atoms with Crippen LogP contribution < -0.4 is 5.32 Å². The SMILES string of the molecule is CC[C@H](CO)NCc1c(Cl)nc2sccn12. The van der Waals surface area contributed by atoms with Gasteiger partial charge in [0.25, 0.3) is 0 Å². The highest BCUT2D eigenvalue weighted by atomic mass is 35.5. The van der Waals surface area contributed by atoms with Gasteiger partial charge in [0.1, 0.15) is 0 Å². The van der Waals surface area contributed by atoms with E-state index >= 15 is 0 Å². The summed E-state index contributed by atoms with van der Waals surface area (Å²) in [7, 11) is 0. The van der Waals surface area contributed by atoms with Crippen LogP contribution in [-0.2, 0) is 6.54 Å². The maximum Gasteiger partial charge on any atom is 0.195 e. The molecule has 1 atom stereocenters. The predicted molar refractivity (Wildman–Crippen MR) is 66.1 cm³/mol. The number of thiazole rings is 1. The minimum absolute atomic E-state index is 0.111. The highest BCUT2D eigenvalue weighted by molar-refractivity contribution is 7.15. The topological polar surface area (TPSA) is 49.6 Å². The number of fused-ring (bicyclic) bond motifs is 1. The van der Waals surface area contributed by atoms with Gasteiger partial charge in [-0.05, 0) is 6.42 Å². The molecule has 0 amide bonds. The van der Waals surface area contributed by atoms with Crippen LogP contribution >= 0.6 is 22.9 Å². The summed E-state index contributed by atoms with van der Waals surface area (Å²) in [4.78, 5) is 5.15. The van der Waals surface area contributed by atoms with Crippen molar-refractivity contribution in [2.45, 2.75) is 25.9 Å². The Balaban J connectivity index is 2.13. The van der Waals surface area contributed by atoms with Gasteiger partial charge in [0.2, 0.25) is 0 Å². The maximum absolute atomic E-state index is 9.08.